The van der Waals surface area contributed by atoms with E-state index in [1.165, 1.54) is 7.05 Å². The summed E-state index contributed by atoms with van der Waals surface area (Å²) in [7, 11) is 1.53. The summed E-state index contributed by atoms with van der Waals surface area (Å²) in [6, 6.07) is 15.1. The van der Waals surface area contributed by atoms with Gasteiger partial charge in [0.05, 0.1) is 12.6 Å². The zero-order chi connectivity index (χ0) is 20.6. The van der Waals surface area contributed by atoms with Crippen LogP contribution in [0.4, 0.5) is 5.69 Å². The van der Waals surface area contributed by atoms with Gasteiger partial charge in [0.1, 0.15) is 6.04 Å². The van der Waals surface area contributed by atoms with E-state index in [0.717, 1.165) is 5.56 Å². The van der Waals surface area contributed by atoms with Gasteiger partial charge in [-0.2, -0.15) is 5.10 Å². The van der Waals surface area contributed by atoms with Crippen molar-refractivity contribution in [1.29, 1.82) is 0 Å². The monoisotopic (exact) mass is 392 g/mol. The van der Waals surface area contributed by atoms with Gasteiger partial charge in [0.15, 0.2) is 0 Å². The van der Waals surface area contributed by atoms with Gasteiger partial charge < -0.3 is 10.6 Å². The van der Waals surface area contributed by atoms with Crippen LogP contribution in [0.15, 0.2) is 64.7 Å². The van der Waals surface area contributed by atoms with Crippen molar-refractivity contribution in [2.45, 2.75) is 12.5 Å². The number of amides is 3. The van der Waals surface area contributed by atoms with E-state index in [1.807, 2.05) is 30.3 Å². The van der Waals surface area contributed by atoms with Gasteiger partial charge in [-0.05, 0) is 23.8 Å². The summed E-state index contributed by atoms with van der Waals surface area (Å²) >= 11 is 0. The number of benzene rings is 2. The molecule has 1 aliphatic rings. The highest BCUT2D eigenvalue weighted by Crippen LogP contribution is 2.13. The summed E-state index contributed by atoms with van der Waals surface area (Å²) in [5.74, 6) is -0.858. The zero-order valence-electron chi connectivity index (χ0n) is 15.7. The molecule has 0 saturated heterocycles. The first kappa shape index (κ1) is 19.7. The number of aliphatic imine (C=N–C) groups is 1. The van der Waals surface area contributed by atoms with E-state index in [9.17, 15) is 14.4 Å². The second kappa shape index (κ2) is 9.27. The van der Waals surface area contributed by atoms with Crippen molar-refractivity contribution in [2.75, 3.05) is 12.4 Å². The number of hydrogen-bond acceptors (Lipinski definition) is 6. The van der Waals surface area contributed by atoms with Crippen LogP contribution >= 0.6 is 0 Å². The molecule has 3 rings (SSSR count). The molecule has 9 nitrogen and oxygen atoms in total. The lowest BCUT2D eigenvalue weighted by atomic mass is 10.1. The van der Waals surface area contributed by atoms with Crippen molar-refractivity contribution in [3.63, 3.8) is 0 Å². The smallest absolute Gasteiger partial charge is 0.252 e. The van der Waals surface area contributed by atoms with Crippen LogP contribution in [0.3, 0.4) is 0 Å². The van der Waals surface area contributed by atoms with Gasteiger partial charge >= 0.3 is 0 Å². The summed E-state index contributed by atoms with van der Waals surface area (Å²) < 4.78 is 0. The molecule has 9 heteroatoms. The van der Waals surface area contributed by atoms with E-state index in [4.69, 9.17) is 0 Å². The summed E-state index contributed by atoms with van der Waals surface area (Å²) in [5, 5.41) is 11.7. The Morgan fingerprint density at radius 2 is 1.97 bits per heavy atom. The molecule has 1 aliphatic heterocycles. The third-order valence-corrected chi connectivity index (χ3v) is 4.03. The normalized spacial score (nSPS) is 15.6. The van der Waals surface area contributed by atoms with Crippen LogP contribution in [0.2, 0.25) is 0 Å². The number of hydrazone groups is 1. The number of nitrogens with zero attached hydrogens (tertiary/aromatic N) is 2. The van der Waals surface area contributed by atoms with Crippen molar-refractivity contribution in [3.8, 4) is 0 Å². The number of anilines is 1. The van der Waals surface area contributed by atoms with E-state index in [2.05, 4.69) is 31.5 Å². The largest absolute Gasteiger partial charge is 0.355 e. The maximum atomic E-state index is 12.3. The van der Waals surface area contributed by atoms with Crippen molar-refractivity contribution >= 4 is 35.6 Å². The minimum absolute atomic E-state index is 0.135. The highest BCUT2D eigenvalue weighted by Gasteiger charge is 2.28. The summed E-state index contributed by atoms with van der Waals surface area (Å²) in [4.78, 5) is 40.1. The predicted molar refractivity (Wildman–Crippen MR) is 110 cm³/mol. The molecular formula is C20H20N6O3. The van der Waals surface area contributed by atoms with E-state index >= 15 is 0 Å². The molecule has 3 amide bonds. The topological polar surface area (TPSA) is 124 Å². The molecule has 1 atom stereocenters. The summed E-state index contributed by atoms with van der Waals surface area (Å²) in [5.41, 5.74) is 4.42. The Balaban J connectivity index is 1.55. The van der Waals surface area contributed by atoms with Gasteiger partial charge in [0, 0.05) is 18.3 Å². The van der Waals surface area contributed by atoms with Gasteiger partial charge in [-0.3, -0.25) is 19.7 Å². The van der Waals surface area contributed by atoms with Gasteiger partial charge in [0.25, 0.3) is 11.8 Å². The maximum Gasteiger partial charge on any atom is 0.252 e. The van der Waals surface area contributed by atoms with Crippen LogP contribution in [0.25, 0.3) is 0 Å². The number of rotatable bonds is 6. The second-order valence-electron chi connectivity index (χ2n) is 6.18. The molecule has 0 bridgehead atoms. The fourth-order valence-electron chi connectivity index (χ4n) is 2.62. The van der Waals surface area contributed by atoms with E-state index < -0.39 is 17.9 Å². The standard InChI is InChI=1S/C20H20N6O3/c1-21-18(28)14-8-5-9-15(10-14)23-17(27)11-16-19(29)25-20(24-16)26-22-12-13-6-3-2-4-7-13/h2-10,12,16H,11H2,1H3,(H,21,28)(H,23,27)(H2,24,25,26,29)/b22-12-/t16-/m1/s1. The number of carbonyl (C=O) groups is 3. The van der Waals surface area contributed by atoms with Crippen molar-refractivity contribution in [3.05, 3.63) is 65.7 Å². The highest BCUT2D eigenvalue weighted by atomic mass is 16.2. The molecule has 1 heterocycles. The fraction of sp³-hybridized carbons (Fsp3) is 0.150. The zero-order valence-corrected chi connectivity index (χ0v) is 15.7. The van der Waals surface area contributed by atoms with Gasteiger partial charge in [-0.25, -0.2) is 10.4 Å². The van der Waals surface area contributed by atoms with E-state index in [0.29, 0.717) is 11.3 Å². The first-order valence-electron chi connectivity index (χ1n) is 8.90. The molecule has 148 valence electrons. The van der Waals surface area contributed by atoms with Crippen molar-refractivity contribution in [1.82, 2.24) is 16.1 Å². The van der Waals surface area contributed by atoms with Gasteiger partial charge in [-0.15, -0.1) is 0 Å². The number of guanidine groups is 1. The minimum Gasteiger partial charge on any atom is -0.355 e. The van der Waals surface area contributed by atoms with Crippen LogP contribution < -0.4 is 21.4 Å². The Morgan fingerprint density at radius 3 is 2.72 bits per heavy atom. The maximum absolute atomic E-state index is 12.3. The van der Waals surface area contributed by atoms with Crippen LogP contribution in [-0.2, 0) is 9.59 Å². The molecule has 29 heavy (non-hydrogen) atoms. The number of nitrogens with one attached hydrogen (secondary N) is 4. The summed E-state index contributed by atoms with van der Waals surface area (Å²) in [6.07, 6.45) is 1.46. The lowest BCUT2D eigenvalue weighted by Gasteiger charge is -2.08. The molecule has 0 radical (unpaired) electrons. The van der Waals surface area contributed by atoms with Gasteiger partial charge in [0.2, 0.25) is 11.9 Å². The van der Waals surface area contributed by atoms with E-state index in [-0.39, 0.29) is 18.3 Å². The van der Waals surface area contributed by atoms with Crippen molar-refractivity contribution in [2.24, 2.45) is 10.1 Å². The first-order valence-corrected chi connectivity index (χ1v) is 8.90. The molecule has 2 aromatic carbocycles. The van der Waals surface area contributed by atoms with E-state index in [1.54, 1.807) is 30.5 Å². The minimum atomic E-state index is -0.855. The number of carbonyl (C=O) groups excluding carboxylic acids is 3. The molecule has 0 aliphatic carbocycles. The van der Waals surface area contributed by atoms with Crippen molar-refractivity contribution < 1.29 is 14.4 Å². The molecule has 0 aromatic heterocycles. The van der Waals surface area contributed by atoms with Crippen LogP contribution in [-0.4, -0.2) is 43.0 Å². The summed E-state index contributed by atoms with van der Waals surface area (Å²) in [6.45, 7) is 0. The Kier molecular flexibility index (Phi) is 6.31. The molecule has 0 unspecified atom stereocenters. The van der Waals surface area contributed by atoms with Crippen LogP contribution in [0.5, 0.6) is 0 Å². The number of hydrogen-bond donors (Lipinski definition) is 4. The lowest BCUT2D eigenvalue weighted by molar-refractivity contribution is -0.123. The SMILES string of the molecule is CNC(=O)c1cccc(NC(=O)C[C@H]2N=C(N/N=C\c3ccccc3)NC2=O)c1. The molecular weight excluding hydrogens is 372 g/mol. The average Bonchev–Trinajstić information content (AvgIpc) is 3.07. The third kappa shape index (κ3) is 5.48. The quantitative estimate of drug-likeness (QED) is 0.430. The van der Waals surface area contributed by atoms with Gasteiger partial charge in [-0.1, -0.05) is 36.4 Å². The molecule has 0 saturated carbocycles. The Labute approximate surface area is 167 Å². The predicted octanol–water partition coefficient (Wildman–Crippen LogP) is 0.853. The molecule has 0 spiro atoms. The second-order valence-corrected chi connectivity index (χ2v) is 6.18. The first-order chi connectivity index (χ1) is 14.0. The fourth-order valence-corrected chi connectivity index (χ4v) is 2.62. The Bertz CT molecular complexity index is 971. The molecule has 0 fully saturated rings. The third-order valence-electron chi connectivity index (χ3n) is 4.03. The Morgan fingerprint density at radius 1 is 1.17 bits per heavy atom. The lowest BCUT2D eigenvalue weighted by Crippen LogP contribution is -2.35. The highest BCUT2D eigenvalue weighted by molar-refractivity contribution is 6.07. The van der Waals surface area contributed by atoms with Crippen LogP contribution in [0, 0.1) is 0 Å². The molecule has 4 N–H and O–H groups in total. The van der Waals surface area contributed by atoms with Crippen LogP contribution in [0.1, 0.15) is 22.3 Å². The molecule has 2 aromatic rings. The Hall–Kier alpha value is -4.01. The average molecular weight is 392 g/mol.